The van der Waals surface area contributed by atoms with E-state index >= 15 is 0 Å². The van der Waals surface area contributed by atoms with Crippen molar-refractivity contribution in [1.29, 1.82) is 0 Å². The quantitative estimate of drug-likeness (QED) is 0.197. The van der Waals surface area contributed by atoms with E-state index in [4.69, 9.17) is 8.92 Å². The van der Waals surface area contributed by atoms with Crippen LogP contribution >= 0.6 is 0 Å². The Bertz CT molecular complexity index is 1180. The Kier molecular flexibility index (Phi) is 11.9. The molecule has 0 bridgehead atoms. The number of hydrogen-bond donors (Lipinski definition) is 1. The van der Waals surface area contributed by atoms with Crippen molar-refractivity contribution in [2.75, 3.05) is 31.1 Å². The van der Waals surface area contributed by atoms with Gasteiger partial charge in [-0.05, 0) is 59.2 Å². The van der Waals surface area contributed by atoms with Gasteiger partial charge in [0.2, 0.25) is 0 Å². The van der Waals surface area contributed by atoms with Crippen molar-refractivity contribution in [2.45, 2.75) is 71.9 Å². The number of benzene rings is 2. The Labute approximate surface area is 227 Å². The van der Waals surface area contributed by atoms with Crippen LogP contribution in [0.15, 0.2) is 47.4 Å². The van der Waals surface area contributed by atoms with E-state index < -0.39 is 16.1 Å². The van der Waals surface area contributed by atoms with Crippen molar-refractivity contribution in [3.05, 3.63) is 53.6 Å². The zero-order chi connectivity index (χ0) is 28.3. The SMILES string of the molecule is CCCCOC(=O)c1ccccc1S(=O)(=O)Oc1cc(N(CC)CC)ccc1CN(C(=O)NCC)C(C)C. The van der Waals surface area contributed by atoms with Gasteiger partial charge in [0, 0.05) is 43.0 Å². The van der Waals surface area contributed by atoms with Crippen molar-refractivity contribution >= 4 is 27.8 Å². The van der Waals surface area contributed by atoms with E-state index in [0.717, 1.165) is 12.1 Å². The maximum Gasteiger partial charge on any atom is 0.340 e. The van der Waals surface area contributed by atoms with Crippen LogP contribution in [0.25, 0.3) is 0 Å². The first-order valence-corrected chi connectivity index (χ1v) is 14.6. The standard InChI is InChI=1S/C28H41N3O6S/c1-7-11-18-36-27(32)24-14-12-13-15-26(24)38(34,35)37-25-19-23(30(9-3)10-4)17-16-22(25)20-31(21(5)6)28(33)29-8-2/h12-17,19,21H,7-11,18,20H2,1-6H3,(H,29,33). The molecule has 9 nitrogen and oxygen atoms in total. The maximum atomic E-state index is 13.5. The molecule has 0 radical (unpaired) electrons. The van der Waals surface area contributed by atoms with Crippen molar-refractivity contribution in [3.8, 4) is 5.75 Å². The molecule has 38 heavy (non-hydrogen) atoms. The second-order valence-corrected chi connectivity index (χ2v) is 10.6. The van der Waals surface area contributed by atoms with Crippen molar-refractivity contribution in [1.82, 2.24) is 10.2 Å². The Balaban J connectivity index is 2.53. The number of esters is 1. The summed E-state index contributed by atoms with van der Waals surface area (Å²) in [6.07, 6.45) is 1.52. The second kappa shape index (κ2) is 14.6. The van der Waals surface area contributed by atoms with Crippen LogP contribution in [0.3, 0.4) is 0 Å². The van der Waals surface area contributed by atoms with E-state index in [1.165, 1.54) is 18.2 Å². The predicted octanol–water partition coefficient (Wildman–Crippen LogP) is 5.20. The van der Waals surface area contributed by atoms with E-state index in [9.17, 15) is 18.0 Å². The van der Waals surface area contributed by atoms with Crippen LogP contribution in [0, 0.1) is 0 Å². The monoisotopic (exact) mass is 547 g/mol. The van der Waals surface area contributed by atoms with E-state index in [-0.39, 0.29) is 41.4 Å². The van der Waals surface area contributed by atoms with Crippen molar-refractivity contribution in [2.24, 2.45) is 0 Å². The number of nitrogens with zero attached hydrogens (tertiary/aromatic N) is 2. The lowest BCUT2D eigenvalue weighted by atomic mass is 10.1. The number of unbranched alkanes of at least 4 members (excludes halogenated alkanes) is 1. The van der Waals surface area contributed by atoms with Crippen LogP contribution in [0.5, 0.6) is 5.75 Å². The normalized spacial score (nSPS) is 11.2. The molecule has 2 aromatic rings. The van der Waals surface area contributed by atoms with Gasteiger partial charge in [-0.15, -0.1) is 0 Å². The number of rotatable bonds is 14. The summed E-state index contributed by atoms with van der Waals surface area (Å²) in [4.78, 5) is 28.8. The van der Waals surface area contributed by atoms with Gasteiger partial charge in [0.05, 0.1) is 18.7 Å². The molecule has 0 aliphatic rings. The number of nitrogens with one attached hydrogen (secondary N) is 1. The Morgan fingerprint density at radius 3 is 2.29 bits per heavy atom. The zero-order valence-electron chi connectivity index (χ0n) is 23.3. The number of urea groups is 1. The second-order valence-electron chi connectivity index (χ2n) is 9.04. The van der Waals surface area contributed by atoms with E-state index in [1.807, 2.05) is 47.6 Å². The van der Waals surface area contributed by atoms with Crippen LogP contribution < -0.4 is 14.4 Å². The minimum atomic E-state index is -4.42. The molecule has 0 unspecified atom stereocenters. The minimum absolute atomic E-state index is 0.0869. The average molecular weight is 548 g/mol. The highest BCUT2D eigenvalue weighted by Gasteiger charge is 2.27. The van der Waals surface area contributed by atoms with Gasteiger partial charge in [-0.3, -0.25) is 0 Å². The fourth-order valence-electron chi connectivity index (χ4n) is 3.87. The highest BCUT2D eigenvalue weighted by molar-refractivity contribution is 7.87. The molecule has 0 aliphatic heterocycles. The largest absolute Gasteiger partial charge is 0.462 e. The molecule has 0 aromatic heterocycles. The summed E-state index contributed by atoms with van der Waals surface area (Å²) in [5.74, 6) is -0.626. The third kappa shape index (κ3) is 8.11. The summed E-state index contributed by atoms with van der Waals surface area (Å²) in [5.41, 5.74) is 1.22. The van der Waals surface area contributed by atoms with Gasteiger partial charge in [-0.25, -0.2) is 9.59 Å². The highest BCUT2D eigenvalue weighted by atomic mass is 32.2. The molecule has 2 aromatic carbocycles. The third-order valence-electron chi connectivity index (χ3n) is 6.04. The Hall–Kier alpha value is -3.27. The molecule has 2 rings (SSSR count). The molecule has 2 amide bonds. The summed E-state index contributed by atoms with van der Waals surface area (Å²) in [7, 11) is -4.42. The summed E-state index contributed by atoms with van der Waals surface area (Å²) in [6.45, 7) is 13.8. The first-order chi connectivity index (χ1) is 18.1. The summed E-state index contributed by atoms with van der Waals surface area (Å²) >= 11 is 0. The predicted molar refractivity (Wildman–Crippen MR) is 149 cm³/mol. The topological polar surface area (TPSA) is 105 Å². The lowest BCUT2D eigenvalue weighted by molar-refractivity contribution is 0.0495. The molecular weight excluding hydrogens is 506 g/mol. The molecule has 0 spiro atoms. The molecule has 0 atom stereocenters. The molecule has 10 heteroatoms. The first kappa shape index (κ1) is 31.0. The van der Waals surface area contributed by atoms with Crippen LogP contribution in [0.2, 0.25) is 0 Å². The lowest BCUT2D eigenvalue weighted by Gasteiger charge is -2.28. The molecule has 0 saturated heterocycles. The van der Waals surface area contributed by atoms with Crippen LogP contribution in [-0.4, -0.2) is 57.6 Å². The summed E-state index contributed by atoms with van der Waals surface area (Å²) < 4.78 is 38.1. The minimum Gasteiger partial charge on any atom is -0.462 e. The fourth-order valence-corrected chi connectivity index (χ4v) is 5.01. The number of carbonyl (C=O) groups is 2. The van der Waals surface area contributed by atoms with E-state index in [1.54, 1.807) is 23.1 Å². The maximum absolute atomic E-state index is 13.5. The number of anilines is 1. The molecule has 0 fully saturated rings. The number of ether oxygens (including phenoxy) is 1. The van der Waals surface area contributed by atoms with Gasteiger partial charge < -0.3 is 24.0 Å². The van der Waals surface area contributed by atoms with Crippen molar-refractivity contribution < 1.29 is 26.9 Å². The fraction of sp³-hybridized carbons (Fsp3) is 0.500. The van der Waals surface area contributed by atoms with Crippen LogP contribution in [0.4, 0.5) is 10.5 Å². The summed E-state index contributed by atoms with van der Waals surface area (Å²) in [6, 6.07) is 10.8. The molecular formula is C28H41N3O6S. The van der Waals surface area contributed by atoms with Crippen molar-refractivity contribution in [3.63, 3.8) is 0 Å². The number of hydrogen-bond acceptors (Lipinski definition) is 7. The average Bonchev–Trinajstić information content (AvgIpc) is 2.88. The Morgan fingerprint density at radius 1 is 1.00 bits per heavy atom. The third-order valence-corrected chi connectivity index (χ3v) is 7.33. The summed E-state index contributed by atoms with van der Waals surface area (Å²) in [5, 5.41) is 2.80. The van der Waals surface area contributed by atoms with Gasteiger partial charge >= 0.3 is 22.1 Å². The number of amides is 2. The van der Waals surface area contributed by atoms with Crippen LogP contribution in [0.1, 0.15) is 70.3 Å². The van der Waals surface area contributed by atoms with Gasteiger partial charge in [0.25, 0.3) is 0 Å². The smallest absolute Gasteiger partial charge is 0.340 e. The van der Waals surface area contributed by atoms with Gasteiger partial charge in [-0.1, -0.05) is 31.5 Å². The van der Waals surface area contributed by atoms with E-state index in [0.29, 0.717) is 31.6 Å². The Morgan fingerprint density at radius 2 is 1.68 bits per heavy atom. The number of carbonyl (C=O) groups excluding carboxylic acids is 2. The van der Waals surface area contributed by atoms with Gasteiger partial charge in [0.15, 0.2) is 0 Å². The molecule has 210 valence electrons. The van der Waals surface area contributed by atoms with Crippen LogP contribution in [-0.2, 0) is 21.4 Å². The molecule has 1 N–H and O–H groups in total. The zero-order valence-corrected chi connectivity index (χ0v) is 24.1. The molecule has 0 heterocycles. The van der Waals surface area contributed by atoms with Gasteiger partial charge in [0.1, 0.15) is 10.6 Å². The molecule has 0 aliphatic carbocycles. The van der Waals surface area contributed by atoms with E-state index in [2.05, 4.69) is 10.2 Å². The first-order valence-electron chi connectivity index (χ1n) is 13.2. The van der Waals surface area contributed by atoms with Gasteiger partial charge in [-0.2, -0.15) is 8.42 Å². The lowest BCUT2D eigenvalue weighted by Crippen LogP contribution is -2.43. The highest BCUT2D eigenvalue weighted by Crippen LogP contribution is 2.31. The molecule has 0 saturated carbocycles.